The maximum absolute atomic E-state index is 7.57. The molecule has 7 heteroatoms. The fourth-order valence-corrected chi connectivity index (χ4v) is 3.25. The highest BCUT2D eigenvalue weighted by Crippen LogP contribution is 2.34. The SMILES string of the molecule is N=C(N)c1ccc(Oc2ccc(-c3cc4ccc(C(=N)N)cc4[nH]3)cc2Cl)cc1. The molecule has 4 rings (SSSR count). The van der Waals surface area contributed by atoms with Crippen molar-refractivity contribution in [2.75, 3.05) is 0 Å². The number of nitrogen functional groups attached to an aromatic ring is 2. The second-order valence-corrected chi connectivity index (χ2v) is 6.99. The summed E-state index contributed by atoms with van der Waals surface area (Å²) in [5.41, 5.74) is 15.0. The van der Waals surface area contributed by atoms with Gasteiger partial charge < -0.3 is 21.2 Å². The molecule has 0 fully saturated rings. The summed E-state index contributed by atoms with van der Waals surface area (Å²) >= 11 is 6.44. The highest BCUT2D eigenvalue weighted by atomic mass is 35.5. The van der Waals surface area contributed by atoms with Crippen molar-refractivity contribution in [2.24, 2.45) is 11.5 Å². The first-order valence-corrected chi connectivity index (χ1v) is 9.18. The Morgan fingerprint density at radius 2 is 1.52 bits per heavy atom. The van der Waals surface area contributed by atoms with Crippen LogP contribution in [0.1, 0.15) is 11.1 Å². The predicted octanol–water partition coefficient (Wildman–Crippen LogP) is 4.85. The van der Waals surface area contributed by atoms with Gasteiger partial charge in [-0.2, -0.15) is 0 Å². The molecular formula is C22H18ClN5O. The van der Waals surface area contributed by atoms with Gasteiger partial charge in [0.15, 0.2) is 0 Å². The van der Waals surface area contributed by atoms with Crippen LogP contribution in [0.15, 0.2) is 66.7 Å². The lowest BCUT2D eigenvalue weighted by Gasteiger charge is -2.09. The van der Waals surface area contributed by atoms with Crippen LogP contribution >= 0.6 is 11.6 Å². The Labute approximate surface area is 172 Å². The Morgan fingerprint density at radius 1 is 0.828 bits per heavy atom. The maximum atomic E-state index is 7.57. The molecule has 0 amide bonds. The minimum Gasteiger partial charge on any atom is -0.456 e. The second kappa shape index (κ2) is 7.33. The fourth-order valence-electron chi connectivity index (χ4n) is 3.03. The molecule has 4 aromatic rings. The number of H-pyrrole nitrogens is 1. The van der Waals surface area contributed by atoms with Gasteiger partial charge in [0.25, 0.3) is 0 Å². The molecule has 0 unspecified atom stereocenters. The Kier molecular flexibility index (Phi) is 4.70. The zero-order valence-electron chi connectivity index (χ0n) is 15.3. The number of hydrogen-bond acceptors (Lipinski definition) is 3. The standard InChI is InChI=1S/C22H18ClN5O/c23-17-9-13(18-10-14-1-2-15(22(26)27)11-19(14)28-18)5-8-20(17)29-16-6-3-12(4-7-16)21(24)25/h1-11,28H,(H3,24,25)(H3,26,27). The van der Waals surface area contributed by atoms with E-state index in [1.807, 2.05) is 42.5 Å². The number of benzene rings is 3. The molecule has 0 aliphatic carbocycles. The van der Waals surface area contributed by atoms with Crippen LogP contribution in [0.3, 0.4) is 0 Å². The smallest absolute Gasteiger partial charge is 0.146 e. The van der Waals surface area contributed by atoms with Gasteiger partial charge in [0.1, 0.15) is 23.2 Å². The Morgan fingerprint density at radius 3 is 2.17 bits per heavy atom. The highest BCUT2D eigenvalue weighted by molar-refractivity contribution is 6.32. The summed E-state index contributed by atoms with van der Waals surface area (Å²) in [6.45, 7) is 0. The van der Waals surface area contributed by atoms with Crippen molar-refractivity contribution in [2.45, 2.75) is 0 Å². The summed E-state index contributed by atoms with van der Waals surface area (Å²) in [5.74, 6) is 1.17. The number of fused-ring (bicyclic) bond motifs is 1. The summed E-state index contributed by atoms with van der Waals surface area (Å²) < 4.78 is 5.84. The number of ether oxygens (including phenoxy) is 1. The van der Waals surface area contributed by atoms with Crippen LogP contribution in [0.4, 0.5) is 0 Å². The first-order chi connectivity index (χ1) is 13.9. The number of rotatable bonds is 5. The average molecular weight is 404 g/mol. The van der Waals surface area contributed by atoms with Crippen molar-refractivity contribution in [3.63, 3.8) is 0 Å². The van der Waals surface area contributed by atoms with Crippen LogP contribution in [-0.2, 0) is 0 Å². The minimum absolute atomic E-state index is 0.00712. The summed E-state index contributed by atoms with van der Waals surface area (Å²) in [5, 5.41) is 16.5. The van der Waals surface area contributed by atoms with Crippen LogP contribution in [0.25, 0.3) is 22.2 Å². The largest absolute Gasteiger partial charge is 0.456 e. The molecular weight excluding hydrogens is 386 g/mol. The molecule has 0 radical (unpaired) electrons. The molecule has 144 valence electrons. The summed E-state index contributed by atoms with van der Waals surface area (Å²) in [7, 11) is 0. The zero-order valence-corrected chi connectivity index (χ0v) is 16.0. The third-order valence-corrected chi connectivity index (χ3v) is 4.86. The predicted molar refractivity (Wildman–Crippen MR) is 117 cm³/mol. The number of aromatic nitrogens is 1. The Bertz CT molecular complexity index is 1240. The lowest BCUT2D eigenvalue weighted by atomic mass is 10.1. The van der Waals surface area contributed by atoms with Crippen LogP contribution in [-0.4, -0.2) is 16.7 Å². The van der Waals surface area contributed by atoms with Gasteiger partial charge in [-0.25, -0.2) is 0 Å². The third-order valence-electron chi connectivity index (χ3n) is 4.57. The zero-order chi connectivity index (χ0) is 20.5. The molecule has 0 aliphatic heterocycles. The van der Waals surface area contributed by atoms with Crippen molar-refractivity contribution >= 4 is 34.2 Å². The van der Waals surface area contributed by atoms with Gasteiger partial charge in [0.2, 0.25) is 0 Å². The summed E-state index contributed by atoms with van der Waals surface area (Å²) in [4.78, 5) is 3.34. The number of halogens is 1. The maximum Gasteiger partial charge on any atom is 0.146 e. The van der Waals surface area contributed by atoms with E-state index in [4.69, 9.17) is 38.6 Å². The van der Waals surface area contributed by atoms with Crippen molar-refractivity contribution in [1.82, 2.24) is 4.98 Å². The monoisotopic (exact) mass is 403 g/mol. The fraction of sp³-hybridized carbons (Fsp3) is 0. The van der Waals surface area contributed by atoms with E-state index < -0.39 is 0 Å². The van der Waals surface area contributed by atoms with Gasteiger partial charge in [0.05, 0.1) is 5.02 Å². The lowest BCUT2D eigenvalue weighted by Crippen LogP contribution is -2.10. The number of aromatic amines is 1. The molecule has 7 N–H and O–H groups in total. The molecule has 3 aromatic carbocycles. The third kappa shape index (κ3) is 3.79. The van der Waals surface area contributed by atoms with E-state index in [1.165, 1.54) is 0 Å². The van der Waals surface area contributed by atoms with Gasteiger partial charge in [-0.1, -0.05) is 23.7 Å². The van der Waals surface area contributed by atoms with Crippen LogP contribution in [0.2, 0.25) is 5.02 Å². The molecule has 0 bridgehead atoms. The van der Waals surface area contributed by atoms with E-state index >= 15 is 0 Å². The van der Waals surface area contributed by atoms with Gasteiger partial charge in [-0.15, -0.1) is 0 Å². The second-order valence-electron chi connectivity index (χ2n) is 6.58. The summed E-state index contributed by atoms with van der Waals surface area (Å²) in [6.07, 6.45) is 0. The quantitative estimate of drug-likeness (QED) is 0.241. The van der Waals surface area contributed by atoms with E-state index in [0.717, 1.165) is 22.2 Å². The molecule has 0 aliphatic rings. The van der Waals surface area contributed by atoms with Crippen molar-refractivity contribution in [3.05, 3.63) is 82.9 Å². The first kappa shape index (κ1) is 18.6. The van der Waals surface area contributed by atoms with Crippen molar-refractivity contribution in [3.8, 4) is 22.8 Å². The average Bonchev–Trinajstić information content (AvgIpc) is 3.13. The van der Waals surface area contributed by atoms with Crippen molar-refractivity contribution in [1.29, 1.82) is 10.8 Å². The van der Waals surface area contributed by atoms with E-state index in [1.54, 1.807) is 24.3 Å². The molecule has 6 nitrogen and oxygen atoms in total. The molecule has 0 saturated heterocycles. The van der Waals surface area contributed by atoms with E-state index in [2.05, 4.69) is 4.98 Å². The van der Waals surface area contributed by atoms with Crippen LogP contribution < -0.4 is 16.2 Å². The molecule has 0 spiro atoms. The number of hydrogen-bond donors (Lipinski definition) is 5. The van der Waals surface area contributed by atoms with Crippen LogP contribution in [0, 0.1) is 10.8 Å². The van der Waals surface area contributed by atoms with Gasteiger partial charge in [-0.3, -0.25) is 10.8 Å². The van der Waals surface area contributed by atoms with E-state index in [0.29, 0.717) is 27.6 Å². The normalized spacial score (nSPS) is 10.8. The first-order valence-electron chi connectivity index (χ1n) is 8.80. The Balaban J connectivity index is 1.60. The molecule has 1 aromatic heterocycles. The van der Waals surface area contributed by atoms with Crippen LogP contribution in [0.5, 0.6) is 11.5 Å². The molecule has 1 heterocycles. The Hall–Kier alpha value is -3.77. The lowest BCUT2D eigenvalue weighted by molar-refractivity contribution is 0.483. The highest BCUT2D eigenvalue weighted by Gasteiger charge is 2.10. The van der Waals surface area contributed by atoms with Crippen molar-refractivity contribution < 1.29 is 4.74 Å². The molecule has 29 heavy (non-hydrogen) atoms. The van der Waals surface area contributed by atoms with E-state index in [-0.39, 0.29) is 11.7 Å². The minimum atomic E-state index is 0.00712. The number of amidine groups is 2. The van der Waals surface area contributed by atoms with E-state index in [9.17, 15) is 0 Å². The van der Waals surface area contributed by atoms with Gasteiger partial charge in [-0.05, 0) is 60.2 Å². The molecule has 0 saturated carbocycles. The number of nitrogens with two attached hydrogens (primary N) is 2. The molecule has 0 atom stereocenters. The van der Waals surface area contributed by atoms with Gasteiger partial charge >= 0.3 is 0 Å². The van der Waals surface area contributed by atoms with Gasteiger partial charge in [0, 0.05) is 27.7 Å². The topological polar surface area (TPSA) is 125 Å². The summed E-state index contributed by atoms with van der Waals surface area (Å²) in [6, 6.07) is 20.1. The number of nitrogens with one attached hydrogen (secondary N) is 3.